The first kappa shape index (κ1) is 22.4. The van der Waals surface area contributed by atoms with Gasteiger partial charge in [0.1, 0.15) is 17.2 Å². The van der Waals surface area contributed by atoms with Crippen LogP contribution in [0.3, 0.4) is 0 Å². The molecule has 4 rings (SSSR count). The minimum Gasteiger partial charge on any atom is -0.496 e. The van der Waals surface area contributed by atoms with Gasteiger partial charge in [0.05, 0.1) is 26.3 Å². The lowest BCUT2D eigenvalue weighted by molar-refractivity contribution is -0.137. The van der Waals surface area contributed by atoms with Crippen LogP contribution in [0.25, 0.3) is 5.57 Å². The monoisotopic (exact) mass is 462 g/mol. The van der Waals surface area contributed by atoms with Crippen molar-refractivity contribution in [2.75, 3.05) is 19.5 Å². The number of hydrogen-bond donors (Lipinski definition) is 1. The topological polar surface area (TPSA) is 67.9 Å². The maximum atomic E-state index is 13.6. The van der Waals surface area contributed by atoms with Crippen LogP contribution in [0.4, 0.5) is 5.69 Å². The molecule has 7 heteroatoms. The van der Waals surface area contributed by atoms with Crippen LogP contribution in [0.15, 0.2) is 72.4 Å². The molecule has 1 aliphatic rings. The standard InChI is InChI=1S/C26H23ClN2O4/c1-16-14-18(27)12-13-20(16)28-24-23(19-9-5-7-11-22(19)33-3)25(30)29(26(24)31)15-17-8-4-6-10-21(17)32-2/h4-14,28H,15H2,1-3H3. The van der Waals surface area contributed by atoms with Crippen LogP contribution in [0.1, 0.15) is 16.7 Å². The van der Waals surface area contributed by atoms with E-state index in [0.717, 1.165) is 11.1 Å². The van der Waals surface area contributed by atoms with Gasteiger partial charge < -0.3 is 14.8 Å². The Bertz CT molecular complexity index is 1270. The Morgan fingerprint density at radius 3 is 2.24 bits per heavy atom. The summed E-state index contributed by atoms with van der Waals surface area (Å²) in [5.74, 6) is 0.262. The zero-order valence-corrected chi connectivity index (χ0v) is 19.3. The molecule has 0 spiro atoms. The summed E-state index contributed by atoms with van der Waals surface area (Å²) in [6.45, 7) is 1.95. The third-order valence-corrected chi connectivity index (χ3v) is 5.75. The van der Waals surface area contributed by atoms with Crippen molar-refractivity contribution in [3.8, 4) is 11.5 Å². The fourth-order valence-corrected chi connectivity index (χ4v) is 4.07. The van der Waals surface area contributed by atoms with E-state index in [0.29, 0.717) is 27.8 Å². The molecule has 1 heterocycles. The van der Waals surface area contributed by atoms with E-state index in [9.17, 15) is 9.59 Å². The number of anilines is 1. The van der Waals surface area contributed by atoms with E-state index in [1.807, 2.05) is 31.2 Å². The molecule has 0 unspecified atom stereocenters. The smallest absolute Gasteiger partial charge is 0.278 e. The molecule has 3 aromatic rings. The molecule has 1 N–H and O–H groups in total. The number of rotatable bonds is 7. The van der Waals surface area contributed by atoms with Crippen LogP contribution in [0.5, 0.6) is 11.5 Å². The van der Waals surface area contributed by atoms with Gasteiger partial charge in [-0.1, -0.05) is 48.0 Å². The Kier molecular flexibility index (Phi) is 6.38. The van der Waals surface area contributed by atoms with E-state index in [1.165, 1.54) is 12.0 Å². The number of aryl methyl sites for hydroxylation is 1. The summed E-state index contributed by atoms with van der Waals surface area (Å²) in [5.41, 5.74) is 3.23. The van der Waals surface area contributed by atoms with Crippen LogP contribution in [0.2, 0.25) is 5.02 Å². The summed E-state index contributed by atoms with van der Waals surface area (Å²) in [6.07, 6.45) is 0. The Labute approximate surface area is 197 Å². The SMILES string of the molecule is COc1ccccc1CN1C(=O)C(Nc2ccc(Cl)cc2C)=C(c2ccccc2OC)C1=O. The van der Waals surface area contributed by atoms with Gasteiger partial charge in [0.25, 0.3) is 11.8 Å². The number of halogens is 1. The number of imide groups is 1. The number of carbonyl (C=O) groups is 2. The number of para-hydroxylation sites is 2. The Morgan fingerprint density at radius 2 is 1.55 bits per heavy atom. The van der Waals surface area contributed by atoms with Gasteiger partial charge in [0, 0.05) is 21.8 Å². The molecule has 0 fully saturated rings. The average molecular weight is 463 g/mol. The predicted molar refractivity (Wildman–Crippen MR) is 128 cm³/mol. The highest BCUT2D eigenvalue weighted by Gasteiger charge is 2.40. The molecule has 3 aromatic carbocycles. The first-order chi connectivity index (χ1) is 15.9. The lowest BCUT2D eigenvalue weighted by Crippen LogP contribution is -2.32. The molecular formula is C26H23ClN2O4. The lowest BCUT2D eigenvalue weighted by atomic mass is 10.0. The summed E-state index contributed by atoms with van der Waals surface area (Å²) in [7, 11) is 3.09. The Hall–Kier alpha value is -3.77. The molecule has 1 aliphatic heterocycles. The number of amides is 2. The molecule has 0 saturated carbocycles. The van der Waals surface area contributed by atoms with Crippen molar-refractivity contribution in [1.82, 2.24) is 4.90 Å². The molecular weight excluding hydrogens is 440 g/mol. The second kappa shape index (κ2) is 9.38. The van der Waals surface area contributed by atoms with Gasteiger partial charge in [-0.15, -0.1) is 0 Å². The summed E-state index contributed by atoms with van der Waals surface area (Å²) in [5, 5.41) is 3.77. The molecule has 0 radical (unpaired) electrons. The highest BCUT2D eigenvalue weighted by Crippen LogP contribution is 2.37. The third kappa shape index (κ3) is 4.30. The molecule has 0 atom stereocenters. The Morgan fingerprint density at radius 1 is 0.879 bits per heavy atom. The van der Waals surface area contributed by atoms with Gasteiger partial charge in [-0.3, -0.25) is 14.5 Å². The maximum Gasteiger partial charge on any atom is 0.278 e. The average Bonchev–Trinajstić information content (AvgIpc) is 3.05. The number of hydrogen-bond acceptors (Lipinski definition) is 5. The van der Waals surface area contributed by atoms with E-state index in [-0.39, 0.29) is 17.8 Å². The van der Waals surface area contributed by atoms with Crippen molar-refractivity contribution in [3.05, 3.63) is 94.1 Å². The number of carbonyl (C=O) groups excluding carboxylic acids is 2. The van der Waals surface area contributed by atoms with Gasteiger partial charge >= 0.3 is 0 Å². The van der Waals surface area contributed by atoms with Crippen LogP contribution in [-0.4, -0.2) is 30.9 Å². The van der Waals surface area contributed by atoms with Gasteiger partial charge in [-0.05, 0) is 42.8 Å². The molecule has 2 amide bonds. The van der Waals surface area contributed by atoms with Crippen molar-refractivity contribution < 1.29 is 19.1 Å². The van der Waals surface area contributed by atoms with Crippen molar-refractivity contribution >= 4 is 34.7 Å². The minimum absolute atomic E-state index is 0.0745. The lowest BCUT2D eigenvalue weighted by Gasteiger charge is -2.17. The number of ether oxygens (including phenoxy) is 2. The zero-order valence-electron chi connectivity index (χ0n) is 18.5. The van der Waals surface area contributed by atoms with Crippen LogP contribution < -0.4 is 14.8 Å². The van der Waals surface area contributed by atoms with E-state index >= 15 is 0 Å². The molecule has 168 valence electrons. The highest BCUT2D eigenvalue weighted by atomic mass is 35.5. The number of nitrogens with one attached hydrogen (secondary N) is 1. The quantitative estimate of drug-likeness (QED) is 0.497. The molecule has 0 aliphatic carbocycles. The number of methoxy groups -OCH3 is 2. The fourth-order valence-electron chi connectivity index (χ4n) is 3.84. The first-order valence-corrected chi connectivity index (χ1v) is 10.7. The molecule has 33 heavy (non-hydrogen) atoms. The summed E-state index contributed by atoms with van der Waals surface area (Å²) >= 11 is 6.09. The van der Waals surface area contributed by atoms with Crippen molar-refractivity contribution in [1.29, 1.82) is 0 Å². The van der Waals surface area contributed by atoms with Crippen molar-refractivity contribution in [2.24, 2.45) is 0 Å². The van der Waals surface area contributed by atoms with Crippen LogP contribution in [-0.2, 0) is 16.1 Å². The normalized spacial score (nSPS) is 13.5. The largest absolute Gasteiger partial charge is 0.496 e. The molecule has 0 bridgehead atoms. The molecule has 6 nitrogen and oxygen atoms in total. The van der Waals surface area contributed by atoms with E-state index in [4.69, 9.17) is 21.1 Å². The summed E-state index contributed by atoms with van der Waals surface area (Å²) in [4.78, 5) is 28.4. The molecule has 0 saturated heterocycles. The van der Waals surface area contributed by atoms with E-state index in [1.54, 1.807) is 49.6 Å². The second-order valence-electron chi connectivity index (χ2n) is 7.54. The highest BCUT2D eigenvalue weighted by molar-refractivity contribution is 6.37. The Balaban J connectivity index is 1.81. The molecule has 0 aromatic heterocycles. The third-order valence-electron chi connectivity index (χ3n) is 5.51. The van der Waals surface area contributed by atoms with Gasteiger partial charge in [-0.25, -0.2) is 0 Å². The van der Waals surface area contributed by atoms with Crippen molar-refractivity contribution in [3.63, 3.8) is 0 Å². The van der Waals surface area contributed by atoms with E-state index in [2.05, 4.69) is 5.32 Å². The van der Waals surface area contributed by atoms with Crippen LogP contribution in [0, 0.1) is 6.92 Å². The van der Waals surface area contributed by atoms with Crippen molar-refractivity contribution in [2.45, 2.75) is 13.5 Å². The first-order valence-electron chi connectivity index (χ1n) is 10.3. The minimum atomic E-state index is -0.429. The number of benzene rings is 3. The van der Waals surface area contributed by atoms with Gasteiger partial charge in [0.15, 0.2) is 0 Å². The van der Waals surface area contributed by atoms with Gasteiger partial charge in [0.2, 0.25) is 0 Å². The second-order valence-corrected chi connectivity index (χ2v) is 7.98. The van der Waals surface area contributed by atoms with Crippen LogP contribution >= 0.6 is 11.6 Å². The van der Waals surface area contributed by atoms with E-state index < -0.39 is 11.8 Å². The maximum absolute atomic E-state index is 13.6. The zero-order chi connectivity index (χ0) is 23.5. The fraction of sp³-hybridized carbons (Fsp3) is 0.154. The predicted octanol–water partition coefficient (Wildman–Crippen LogP) is 5.06. The summed E-state index contributed by atoms with van der Waals surface area (Å²) in [6, 6.07) is 19.8. The number of nitrogens with zero attached hydrogens (tertiary/aromatic N) is 1. The summed E-state index contributed by atoms with van der Waals surface area (Å²) < 4.78 is 10.9. The van der Waals surface area contributed by atoms with Gasteiger partial charge in [-0.2, -0.15) is 0 Å².